The molecule has 0 fully saturated rings. The number of methoxy groups -OCH3 is 1. The molecule has 0 radical (unpaired) electrons. The molecule has 0 saturated carbocycles. The molecular formula is C12H19FN4O2. The molecule has 0 saturated heterocycles. The van der Waals surface area contributed by atoms with Crippen LogP contribution < -0.4 is 5.73 Å². The number of halogens is 1. The van der Waals surface area contributed by atoms with Gasteiger partial charge in [-0.3, -0.25) is 0 Å². The quantitative estimate of drug-likeness (QED) is 0.866. The number of nitrogens with two attached hydrogens (primary N) is 1. The van der Waals surface area contributed by atoms with Gasteiger partial charge in [0, 0.05) is 19.9 Å². The van der Waals surface area contributed by atoms with Crippen molar-refractivity contribution in [3.63, 3.8) is 0 Å². The standard InChI is InChI=1S/C11H15FN4O.CH4O/c1-7(17-2)3-4-8-5-9(12)10-11(13)14-6-15-16(8)10;1-2/h5-7H,3-4H2,1-2H3,(H2,13,14,15);2H,1H3. The minimum atomic E-state index is -0.386. The Bertz CT molecular complexity index is 530. The topological polar surface area (TPSA) is 85.7 Å². The van der Waals surface area contributed by atoms with Crippen LogP contribution in [0.5, 0.6) is 0 Å². The second-order valence-corrected chi connectivity index (χ2v) is 3.97. The van der Waals surface area contributed by atoms with Crippen molar-refractivity contribution in [2.75, 3.05) is 20.0 Å². The summed E-state index contributed by atoms with van der Waals surface area (Å²) >= 11 is 0. The Kier molecular flexibility index (Phi) is 5.65. The molecule has 0 amide bonds. The Morgan fingerprint density at radius 3 is 2.84 bits per heavy atom. The lowest BCUT2D eigenvalue weighted by atomic mass is 10.2. The van der Waals surface area contributed by atoms with Gasteiger partial charge in [0.05, 0.1) is 6.10 Å². The average Bonchev–Trinajstić information content (AvgIpc) is 2.76. The lowest BCUT2D eigenvalue weighted by Crippen LogP contribution is -2.08. The van der Waals surface area contributed by atoms with Crippen molar-refractivity contribution in [2.45, 2.75) is 25.9 Å². The van der Waals surface area contributed by atoms with Crippen molar-refractivity contribution >= 4 is 11.3 Å². The first-order chi connectivity index (χ1) is 9.13. The van der Waals surface area contributed by atoms with Crippen LogP contribution in [0.2, 0.25) is 0 Å². The summed E-state index contributed by atoms with van der Waals surface area (Å²) in [7, 11) is 2.65. The molecule has 106 valence electrons. The number of aliphatic hydroxyl groups is 1. The van der Waals surface area contributed by atoms with E-state index in [2.05, 4.69) is 10.1 Å². The van der Waals surface area contributed by atoms with Gasteiger partial charge in [0.2, 0.25) is 0 Å². The maximum atomic E-state index is 13.7. The number of anilines is 1. The highest BCUT2D eigenvalue weighted by atomic mass is 19.1. The molecule has 2 aromatic rings. The first-order valence-corrected chi connectivity index (χ1v) is 5.87. The average molecular weight is 270 g/mol. The molecule has 0 aliphatic carbocycles. The highest BCUT2D eigenvalue weighted by Crippen LogP contribution is 2.19. The van der Waals surface area contributed by atoms with Gasteiger partial charge in [-0.1, -0.05) is 0 Å². The van der Waals surface area contributed by atoms with Crippen LogP contribution in [0.25, 0.3) is 5.52 Å². The van der Waals surface area contributed by atoms with Crippen LogP contribution in [0, 0.1) is 5.82 Å². The van der Waals surface area contributed by atoms with Crippen LogP contribution in [-0.2, 0) is 11.2 Å². The van der Waals surface area contributed by atoms with E-state index in [0.29, 0.717) is 6.42 Å². The Balaban J connectivity index is 0.000000861. The van der Waals surface area contributed by atoms with Crippen LogP contribution in [-0.4, -0.2) is 40.0 Å². The molecule has 0 spiro atoms. The van der Waals surface area contributed by atoms with Crippen molar-refractivity contribution in [2.24, 2.45) is 0 Å². The lowest BCUT2D eigenvalue weighted by molar-refractivity contribution is 0.111. The van der Waals surface area contributed by atoms with Crippen LogP contribution in [0.4, 0.5) is 10.2 Å². The third kappa shape index (κ3) is 3.39. The van der Waals surface area contributed by atoms with Gasteiger partial charge in [-0.2, -0.15) is 5.10 Å². The monoisotopic (exact) mass is 270 g/mol. The highest BCUT2D eigenvalue weighted by Gasteiger charge is 2.13. The number of rotatable bonds is 4. The summed E-state index contributed by atoms with van der Waals surface area (Å²) < 4.78 is 20.3. The van der Waals surface area contributed by atoms with Gasteiger partial charge >= 0.3 is 0 Å². The molecule has 6 nitrogen and oxygen atoms in total. The molecule has 0 bridgehead atoms. The molecule has 1 unspecified atom stereocenters. The third-order valence-electron chi connectivity index (χ3n) is 2.82. The zero-order chi connectivity index (χ0) is 14.4. The van der Waals surface area contributed by atoms with Crippen molar-refractivity contribution < 1.29 is 14.2 Å². The summed E-state index contributed by atoms with van der Waals surface area (Å²) in [5.41, 5.74) is 6.63. The largest absolute Gasteiger partial charge is 0.400 e. The van der Waals surface area contributed by atoms with E-state index in [9.17, 15) is 4.39 Å². The highest BCUT2D eigenvalue weighted by molar-refractivity contribution is 5.66. The summed E-state index contributed by atoms with van der Waals surface area (Å²) in [6.45, 7) is 1.97. The Morgan fingerprint density at radius 1 is 1.53 bits per heavy atom. The van der Waals surface area contributed by atoms with E-state index < -0.39 is 0 Å². The molecular weight excluding hydrogens is 251 g/mol. The molecule has 2 heterocycles. The minimum Gasteiger partial charge on any atom is -0.400 e. The fourth-order valence-corrected chi connectivity index (χ4v) is 1.73. The summed E-state index contributed by atoms with van der Waals surface area (Å²) in [5.74, 6) is -0.230. The summed E-state index contributed by atoms with van der Waals surface area (Å²) in [6.07, 6.45) is 2.93. The van der Waals surface area contributed by atoms with Gasteiger partial charge in [-0.15, -0.1) is 0 Å². The number of nitrogen functional groups attached to an aromatic ring is 1. The molecule has 2 aromatic heterocycles. The Morgan fingerprint density at radius 2 is 2.21 bits per heavy atom. The minimum absolute atomic E-state index is 0.128. The van der Waals surface area contributed by atoms with Crippen LogP contribution >= 0.6 is 0 Å². The normalized spacial score (nSPS) is 12.1. The number of hydrogen-bond acceptors (Lipinski definition) is 5. The van der Waals surface area contributed by atoms with E-state index in [4.69, 9.17) is 15.6 Å². The second kappa shape index (κ2) is 7.01. The smallest absolute Gasteiger partial charge is 0.154 e. The molecule has 7 heteroatoms. The van der Waals surface area contributed by atoms with Crippen molar-refractivity contribution in [3.8, 4) is 0 Å². The maximum Gasteiger partial charge on any atom is 0.154 e. The fourth-order valence-electron chi connectivity index (χ4n) is 1.73. The molecule has 1 atom stereocenters. The van der Waals surface area contributed by atoms with Crippen LogP contribution in [0.1, 0.15) is 19.0 Å². The predicted octanol–water partition coefficient (Wildman–Crippen LogP) is 1.03. The molecule has 19 heavy (non-hydrogen) atoms. The van der Waals surface area contributed by atoms with Crippen LogP contribution in [0.15, 0.2) is 12.4 Å². The summed E-state index contributed by atoms with van der Waals surface area (Å²) in [4.78, 5) is 3.77. The van der Waals surface area contributed by atoms with E-state index in [1.165, 1.54) is 16.9 Å². The molecule has 0 aromatic carbocycles. The Labute approximate surface area is 111 Å². The van der Waals surface area contributed by atoms with E-state index >= 15 is 0 Å². The molecule has 0 aliphatic rings. The number of hydrogen-bond donors (Lipinski definition) is 2. The number of ether oxygens (including phenoxy) is 1. The predicted molar refractivity (Wildman–Crippen MR) is 70.3 cm³/mol. The summed E-state index contributed by atoms with van der Waals surface area (Å²) in [5, 5.41) is 11.0. The fraction of sp³-hybridized carbons (Fsp3) is 0.500. The van der Waals surface area contributed by atoms with Crippen molar-refractivity contribution in [1.82, 2.24) is 14.6 Å². The number of aliphatic hydroxyl groups excluding tert-OH is 1. The zero-order valence-corrected chi connectivity index (χ0v) is 11.3. The lowest BCUT2D eigenvalue weighted by Gasteiger charge is -2.08. The van der Waals surface area contributed by atoms with E-state index in [-0.39, 0.29) is 23.3 Å². The number of nitrogens with zero attached hydrogens (tertiary/aromatic N) is 3. The Hall–Kier alpha value is -1.73. The van der Waals surface area contributed by atoms with Gasteiger partial charge < -0.3 is 15.6 Å². The molecule has 2 rings (SSSR count). The van der Waals surface area contributed by atoms with Crippen molar-refractivity contribution in [1.29, 1.82) is 0 Å². The van der Waals surface area contributed by atoms with Gasteiger partial charge in [-0.05, 0) is 25.8 Å². The van der Waals surface area contributed by atoms with Gasteiger partial charge in [0.15, 0.2) is 11.6 Å². The number of fused-ring (bicyclic) bond motifs is 1. The summed E-state index contributed by atoms with van der Waals surface area (Å²) in [6, 6.07) is 1.45. The first-order valence-electron chi connectivity index (χ1n) is 5.87. The van der Waals surface area contributed by atoms with Crippen molar-refractivity contribution in [3.05, 3.63) is 23.9 Å². The second-order valence-electron chi connectivity index (χ2n) is 3.97. The van der Waals surface area contributed by atoms with E-state index in [1.807, 2.05) is 6.92 Å². The van der Waals surface area contributed by atoms with E-state index in [0.717, 1.165) is 19.2 Å². The maximum absolute atomic E-state index is 13.7. The van der Waals surface area contributed by atoms with Gasteiger partial charge in [-0.25, -0.2) is 13.9 Å². The zero-order valence-electron chi connectivity index (χ0n) is 11.3. The van der Waals surface area contributed by atoms with Gasteiger partial charge in [0.1, 0.15) is 11.8 Å². The third-order valence-corrected chi connectivity index (χ3v) is 2.82. The number of aryl methyl sites for hydroxylation is 1. The van der Waals surface area contributed by atoms with Gasteiger partial charge in [0.25, 0.3) is 0 Å². The first kappa shape index (κ1) is 15.3. The number of aromatic nitrogens is 3. The van der Waals surface area contributed by atoms with E-state index in [1.54, 1.807) is 7.11 Å². The SMILES string of the molecule is CO.COC(C)CCc1cc(F)c2c(N)ncnn12. The van der Waals surface area contributed by atoms with Crippen LogP contribution in [0.3, 0.4) is 0 Å². The molecule has 3 N–H and O–H groups in total. The molecule has 0 aliphatic heterocycles.